The van der Waals surface area contributed by atoms with E-state index in [2.05, 4.69) is 5.32 Å². The lowest BCUT2D eigenvalue weighted by Crippen LogP contribution is -2.32. The van der Waals surface area contributed by atoms with Crippen molar-refractivity contribution in [1.29, 1.82) is 0 Å². The van der Waals surface area contributed by atoms with Crippen LogP contribution >= 0.6 is 0 Å². The predicted octanol–water partition coefficient (Wildman–Crippen LogP) is 3.08. The Labute approximate surface area is 129 Å². The first kappa shape index (κ1) is 14.6. The molecular formula is C18H19FN2O. The van der Waals surface area contributed by atoms with Crippen molar-refractivity contribution in [1.82, 2.24) is 4.90 Å². The molecule has 1 amide bonds. The molecule has 22 heavy (non-hydrogen) atoms. The summed E-state index contributed by atoms with van der Waals surface area (Å²) in [5.41, 5.74) is 1.94. The Balaban J connectivity index is 1.53. The fraction of sp³-hybridized carbons (Fsp3) is 0.278. The molecule has 0 aliphatic carbocycles. The van der Waals surface area contributed by atoms with Gasteiger partial charge in [-0.25, -0.2) is 4.39 Å². The zero-order valence-corrected chi connectivity index (χ0v) is 12.3. The summed E-state index contributed by atoms with van der Waals surface area (Å²) >= 11 is 0. The molecule has 1 fully saturated rings. The van der Waals surface area contributed by atoms with Crippen LogP contribution in [0.4, 0.5) is 10.1 Å². The van der Waals surface area contributed by atoms with E-state index in [-0.39, 0.29) is 11.7 Å². The van der Waals surface area contributed by atoms with E-state index in [4.69, 9.17) is 0 Å². The number of amides is 1. The van der Waals surface area contributed by atoms with Gasteiger partial charge in [0.1, 0.15) is 5.82 Å². The summed E-state index contributed by atoms with van der Waals surface area (Å²) in [4.78, 5) is 14.2. The lowest BCUT2D eigenvalue weighted by Gasteiger charge is -2.18. The first-order valence-electron chi connectivity index (χ1n) is 7.54. The molecule has 114 valence electrons. The zero-order chi connectivity index (χ0) is 15.4. The minimum absolute atomic E-state index is 0.101. The molecule has 1 atom stereocenters. The van der Waals surface area contributed by atoms with E-state index in [1.165, 1.54) is 12.1 Å². The molecule has 0 saturated carbocycles. The average molecular weight is 298 g/mol. The molecule has 1 aliphatic heterocycles. The van der Waals surface area contributed by atoms with Crippen LogP contribution in [0.1, 0.15) is 12.0 Å². The zero-order valence-electron chi connectivity index (χ0n) is 12.3. The maximum Gasteiger partial charge on any atom is 0.227 e. The maximum atomic E-state index is 12.9. The van der Waals surface area contributed by atoms with Crippen molar-refractivity contribution in [2.45, 2.75) is 18.9 Å². The molecule has 0 bridgehead atoms. The van der Waals surface area contributed by atoms with Crippen molar-refractivity contribution in [3.05, 3.63) is 66.0 Å². The highest BCUT2D eigenvalue weighted by atomic mass is 19.1. The van der Waals surface area contributed by atoms with Gasteiger partial charge in [-0.2, -0.15) is 0 Å². The van der Waals surface area contributed by atoms with Crippen molar-refractivity contribution in [3.8, 4) is 0 Å². The normalized spacial score (nSPS) is 17.5. The number of carbonyl (C=O) groups excluding carboxylic acids is 1. The number of nitrogens with zero attached hydrogens (tertiary/aromatic N) is 1. The first-order chi connectivity index (χ1) is 10.7. The Morgan fingerprint density at radius 2 is 1.86 bits per heavy atom. The standard InChI is InChI=1S/C18H19FN2O/c19-15-8-6-14(7-9-15)12-18(22)21-11-10-17(13-21)20-16-4-2-1-3-5-16/h1-9,17,20H,10-13H2. The summed E-state index contributed by atoms with van der Waals surface area (Å²) in [5.74, 6) is -0.173. The summed E-state index contributed by atoms with van der Waals surface area (Å²) in [7, 11) is 0. The SMILES string of the molecule is O=C(Cc1ccc(F)cc1)N1CCC(Nc2ccccc2)C1. The third-order valence-corrected chi connectivity index (χ3v) is 3.95. The van der Waals surface area contributed by atoms with Gasteiger partial charge in [-0.15, -0.1) is 0 Å². The predicted molar refractivity (Wildman–Crippen MR) is 85.2 cm³/mol. The average Bonchev–Trinajstić information content (AvgIpc) is 2.99. The number of likely N-dealkylation sites (tertiary alicyclic amines) is 1. The van der Waals surface area contributed by atoms with Gasteiger partial charge in [0.15, 0.2) is 0 Å². The van der Waals surface area contributed by atoms with Gasteiger partial charge in [-0.05, 0) is 36.2 Å². The molecule has 0 radical (unpaired) electrons. The number of anilines is 1. The molecule has 3 nitrogen and oxygen atoms in total. The Bertz CT molecular complexity index is 627. The molecule has 0 spiro atoms. The molecule has 1 N–H and O–H groups in total. The molecule has 4 heteroatoms. The van der Waals surface area contributed by atoms with E-state index in [1.807, 2.05) is 35.2 Å². The molecular weight excluding hydrogens is 279 g/mol. The van der Waals surface area contributed by atoms with Gasteiger partial charge in [-0.1, -0.05) is 30.3 Å². The number of hydrogen-bond acceptors (Lipinski definition) is 2. The second-order valence-corrected chi connectivity index (χ2v) is 5.64. The largest absolute Gasteiger partial charge is 0.380 e. The molecule has 1 aliphatic rings. The lowest BCUT2D eigenvalue weighted by molar-refractivity contribution is -0.129. The van der Waals surface area contributed by atoms with E-state index in [0.717, 1.165) is 30.8 Å². The minimum Gasteiger partial charge on any atom is -0.380 e. The van der Waals surface area contributed by atoms with Crippen molar-refractivity contribution in [2.75, 3.05) is 18.4 Å². The first-order valence-corrected chi connectivity index (χ1v) is 7.54. The fourth-order valence-corrected chi connectivity index (χ4v) is 2.76. The third-order valence-electron chi connectivity index (χ3n) is 3.95. The quantitative estimate of drug-likeness (QED) is 0.941. The van der Waals surface area contributed by atoms with Crippen LogP contribution in [0, 0.1) is 5.82 Å². The number of hydrogen-bond donors (Lipinski definition) is 1. The molecule has 2 aromatic rings. The number of benzene rings is 2. The summed E-state index contributed by atoms with van der Waals surface area (Å²) in [5, 5.41) is 3.45. The highest BCUT2D eigenvalue weighted by Crippen LogP contribution is 2.17. The van der Waals surface area contributed by atoms with Gasteiger partial charge in [0.25, 0.3) is 0 Å². The highest BCUT2D eigenvalue weighted by molar-refractivity contribution is 5.79. The van der Waals surface area contributed by atoms with Crippen LogP contribution in [-0.4, -0.2) is 29.9 Å². The number of rotatable bonds is 4. The van der Waals surface area contributed by atoms with Crippen LogP contribution in [-0.2, 0) is 11.2 Å². The smallest absolute Gasteiger partial charge is 0.227 e. The Hall–Kier alpha value is -2.36. The van der Waals surface area contributed by atoms with E-state index >= 15 is 0 Å². The minimum atomic E-state index is -0.274. The summed E-state index contributed by atoms with van der Waals surface area (Å²) in [6, 6.07) is 16.5. The molecule has 0 aromatic heterocycles. The van der Waals surface area contributed by atoms with Crippen LogP contribution in [0.5, 0.6) is 0 Å². The molecule has 1 saturated heterocycles. The molecule has 3 rings (SSSR count). The van der Waals surface area contributed by atoms with Crippen LogP contribution in [0.3, 0.4) is 0 Å². The fourth-order valence-electron chi connectivity index (χ4n) is 2.76. The van der Waals surface area contributed by atoms with Crippen molar-refractivity contribution in [2.24, 2.45) is 0 Å². The van der Waals surface area contributed by atoms with Gasteiger partial charge in [-0.3, -0.25) is 4.79 Å². The van der Waals surface area contributed by atoms with Crippen molar-refractivity contribution >= 4 is 11.6 Å². The number of halogens is 1. The summed E-state index contributed by atoms with van der Waals surface area (Å²) in [6.45, 7) is 1.49. The number of carbonyl (C=O) groups is 1. The second kappa shape index (κ2) is 6.60. The Morgan fingerprint density at radius 1 is 1.14 bits per heavy atom. The molecule has 1 heterocycles. The molecule has 1 unspecified atom stereocenters. The van der Waals surface area contributed by atoms with Crippen molar-refractivity contribution in [3.63, 3.8) is 0 Å². The number of nitrogens with one attached hydrogen (secondary N) is 1. The van der Waals surface area contributed by atoms with Crippen LogP contribution in [0.15, 0.2) is 54.6 Å². The van der Waals surface area contributed by atoms with Crippen LogP contribution < -0.4 is 5.32 Å². The highest BCUT2D eigenvalue weighted by Gasteiger charge is 2.25. The van der Waals surface area contributed by atoms with Gasteiger partial charge in [0.2, 0.25) is 5.91 Å². The van der Waals surface area contributed by atoms with E-state index < -0.39 is 0 Å². The third kappa shape index (κ3) is 3.64. The van der Waals surface area contributed by atoms with Gasteiger partial charge in [0.05, 0.1) is 6.42 Å². The Kier molecular flexibility index (Phi) is 4.37. The van der Waals surface area contributed by atoms with E-state index in [1.54, 1.807) is 12.1 Å². The van der Waals surface area contributed by atoms with Crippen molar-refractivity contribution < 1.29 is 9.18 Å². The maximum absolute atomic E-state index is 12.9. The summed E-state index contributed by atoms with van der Waals surface area (Å²) < 4.78 is 12.9. The molecule has 2 aromatic carbocycles. The van der Waals surface area contributed by atoms with Gasteiger partial charge >= 0.3 is 0 Å². The number of para-hydroxylation sites is 1. The van der Waals surface area contributed by atoms with Crippen LogP contribution in [0.2, 0.25) is 0 Å². The van der Waals surface area contributed by atoms with Crippen LogP contribution in [0.25, 0.3) is 0 Å². The lowest BCUT2D eigenvalue weighted by atomic mass is 10.1. The monoisotopic (exact) mass is 298 g/mol. The van der Waals surface area contributed by atoms with E-state index in [9.17, 15) is 9.18 Å². The Morgan fingerprint density at radius 3 is 2.59 bits per heavy atom. The van der Waals surface area contributed by atoms with Gasteiger partial charge < -0.3 is 10.2 Å². The van der Waals surface area contributed by atoms with E-state index in [0.29, 0.717) is 12.5 Å². The van der Waals surface area contributed by atoms with Gasteiger partial charge in [0, 0.05) is 24.8 Å². The summed E-state index contributed by atoms with van der Waals surface area (Å²) in [6.07, 6.45) is 1.28. The second-order valence-electron chi connectivity index (χ2n) is 5.64. The topological polar surface area (TPSA) is 32.3 Å².